The topological polar surface area (TPSA) is 76.7 Å². The third-order valence-electron chi connectivity index (χ3n) is 2.24. The fraction of sp³-hybridized carbons (Fsp3) is 0.182. The summed E-state index contributed by atoms with van der Waals surface area (Å²) in [6.07, 6.45) is 2.34. The number of nitrogens with one attached hydrogen (secondary N) is 1. The van der Waals surface area contributed by atoms with Gasteiger partial charge in [0.05, 0.1) is 0 Å². The zero-order chi connectivity index (χ0) is 11.4. The highest BCUT2D eigenvalue weighted by atomic mass is 15.2. The predicted octanol–water partition coefficient (Wildman–Crippen LogP) is 1.76. The maximum absolute atomic E-state index is 5.48. The molecule has 0 atom stereocenters. The molecule has 0 saturated carbocycles. The average molecular weight is 215 g/mol. The maximum Gasteiger partial charge on any atom is 0.231 e. The molecule has 0 fully saturated rings. The Kier molecular flexibility index (Phi) is 2.95. The van der Waals surface area contributed by atoms with Crippen LogP contribution in [0.4, 0.5) is 17.6 Å². The Hall–Kier alpha value is -2.17. The molecule has 0 bridgehead atoms. The Bertz CT molecular complexity index is 483. The van der Waals surface area contributed by atoms with Gasteiger partial charge in [-0.2, -0.15) is 4.98 Å². The normalized spacial score (nSPS) is 10.1. The summed E-state index contributed by atoms with van der Waals surface area (Å²) >= 11 is 0. The van der Waals surface area contributed by atoms with E-state index in [2.05, 4.69) is 33.3 Å². The molecule has 82 valence electrons. The Balaban J connectivity index is 2.26. The van der Waals surface area contributed by atoms with E-state index >= 15 is 0 Å². The lowest BCUT2D eigenvalue weighted by Gasteiger charge is -2.08. The van der Waals surface area contributed by atoms with Crippen LogP contribution in [-0.4, -0.2) is 15.0 Å². The molecule has 0 aliphatic heterocycles. The first-order chi connectivity index (χ1) is 7.79. The van der Waals surface area contributed by atoms with E-state index in [0.717, 1.165) is 12.1 Å². The molecule has 0 amide bonds. The molecule has 0 aliphatic carbocycles. The van der Waals surface area contributed by atoms with Crippen LogP contribution in [0.3, 0.4) is 0 Å². The zero-order valence-corrected chi connectivity index (χ0v) is 9.01. The molecule has 0 unspecified atom stereocenters. The predicted molar refractivity (Wildman–Crippen MR) is 63.3 cm³/mol. The van der Waals surface area contributed by atoms with Crippen molar-refractivity contribution in [1.82, 2.24) is 15.0 Å². The molecule has 16 heavy (non-hydrogen) atoms. The van der Waals surface area contributed by atoms with Crippen molar-refractivity contribution in [2.24, 2.45) is 0 Å². The van der Waals surface area contributed by atoms with Crippen molar-refractivity contribution in [3.05, 3.63) is 36.2 Å². The molecule has 3 N–H and O–H groups in total. The lowest BCUT2D eigenvalue weighted by molar-refractivity contribution is 1.06. The minimum atomic E-state index is 0.214. The monoisotopic (exact) mass is 215 g/mol. The van der Waals surface area contributed by atoms with Crippen LogP contribution in [0.1, 0.15) is 12.5 Å². The van der Waals surface area contributed by atoms with E-state index < -0.39 is 0 Å². The molecule has 1 aromatic heterocycles. The number of nitrogen functional groups attached to an aromatic ring is 1. The van der Waals surface area contributed by atoms with Crippen molar-refractivity contribution in [2.45, 2.75) is 13.3 Å². The van der Waals surface area contributed by atoms with Crippen LogP contribution in [0.5, 0.6) is 0 Å². The van der Waals surface area contributed by atoms with Crippen molar-refractivity contribution < 1.29 is 0 Å². The van der Waals surface area contributed by atoms with Gasteiger partial charge in [0.15, 0.2) is 0 Å². The smallest absolute Gasteiger partial charge is 0.231 e. The van der Waals surface area contributed by atoms with Gasteiger partial charge in [-0.05, 0) is 18.1 Å². The second-order valence-electron chi connectivity index (χ2n) is 3.30. The summed E-state index contributed by atoms with van der Waals surface area (Å²) in [5.41, 5.74) is 7.69. The SMILES string of the molecule is CCc1ccccc1Nc1ncnc(N)n1. The fourth-order valence-corrected chi connectivity index (χ4v) is 1.44. The first-order valence-electron chi connectivity index (χ1n) is 5.09. The van der Waals surface area contributed by atoms with E-state index in [1.165, 1.54) is 11.9 Å². The fourth-order valence-electron chi connectivity index (χ4n) is 1.44. The first-order valence-corrected chi connectivity index (χ1v) is 5.09. The highest BCUT2D eigenvalue weighted by Crippen LogP contribution is 2.18. The summed E-state index contributed by atoms with van der Waals surface area (Å²) in [6.45, 7) is 2.10. The van der Waals surface area contributed by atoms with E-state index in [9.17, 15) is 0 Å². The Morgan fingerprint density at radius 1 is 1.25 bits per heavy atom. The van der Waals surface area contributed by atoms with Crippen molar-refractivity contribution >= 4 is 17.6 Å². The van der Waals surface area contributed by atoms with Crippen LogP contribution >= 0.6 is 0 Å². The largest absolute Gasteiger partial charge is 0.368 e. The number of hydrogen-bond acceptors (Lipinski definition) is 5. The molecule has 1 heterocycles. The first kappa shape index (κ1) is 10.4. The van der Waals surface area contributed by atoms with E-state index in [0.29, 0.717) is 5.95 Å². The number of hydrogen-bond donors (Lipinski definition) is 2. The van der Waals surface area contributed by atoms with E-state index in [-0.39, 0.29) is 5.95 Å². The Labute approximate surface area is 93.8 Å². The molecule has 1 aromatic carbocycles. The molecule has 0 saturated heterocycles. The Morgan fingerprint density at radius 2 is 2.06 bits per heavy atom. The molecule has 0 spiro atoms. The third kappa shape index (κ3) is 2.25. The van der Waals surface area contributed by atoms with Gasteiger partial charge < -0.3 is 11.1 Å². The minimum Gasteiger partial charge on any atom is -0.368 e. The molecule has 2 rings (SSSR count). The maximum atomic E-state index is 5.48. The number of benzene rings is 1. The number of aromatic nitrogens is 3. The Morgan fingerprint density at radius 3 is 2.81 bits per heavy atom. The standard InChI is InChI=1S/C11H13N5/c1-2-8-5-3-4-6-9(8)15-11-14-7-13-10(12)16-11/h3-7H,2H2,1H3,(H3,12,13,14,15,16). The van der Waals surface area contributed by atoms with Crippen molar-refractivity contribution in [1.29, 1.82) is 0 Å². The number of nitrogens with zero attached hydrogens (tertiary/aromatic N) is 3. The second kappa shape index (κ2) is 4.57. The molecule has 2 aromatic rings. The van der Waals surface area contributed by atoms with Gasteiger partial charge in [0, 0.05) is 5.69 Å². The van der Waals surface area contributed by atoms with Crippen LogP contribution in [0.25, 0.3) is 0 Å². The summed E-state index contributed by atoms with van der Waals surface area (Å²) in [7, 11) is 0. The van der Waals surface area contributed by atoms with Gasteiger partial charge in [0.1, 0.15) is 6.33 Å². The molecule has 5 nitrogen and oxygen atoms in total. The average Bonchev–Trinajstić information content (AvgIpc) is 2.30. The van der Waals surface area contributed by atoms with Gasteiger partial charge in [-0.3, -0.25) is 0 Å². The molecule has 0 aliphatic rings. The number of aryl methyl sites for hydroxylation is 1. The van der Waals surface area contributed by atoms with Gasteiger partial charge in [-0.25, -0.2) is 9.97 Å². The number of anilines is 3. The van der Waals surface area contributed by atoms with Crippen LogP contribution in [-0.2, 0) is 6.42 Å². The number of nitrogens with two attached hydrogens (primary N) is 1. The number of para-hydroxylation sites is 1. The number of rotatable bonds is 3. The molecule has 0 radical (unpaired) electrons. The lowest BCUT2D eigenvalue weighted by atomic mass is 10.1. The molecular formula is C11H13N5. The summed E-state index contributed by atoms with van der Waals surface area (Å²) in [6, 6.07) is 8.02. The van der Waals surface area contributed by atoms with Crippen molar-refractivity contribution in [2.75, 3.05) is 11.1 Å². The zero-order valence-electron chi connectivity index (χ0n) is 9.01. The third-order valence-corrected chi connectivity index (χ3v) is 2.24. The van der Waals surface area contributed by atoms with Crippen molar-refractivity contribution in [3.8, 4) is 0 Å². The lowest BCUT2D eigenvalue weighted by Crippen LogP contribution is -2.03. The summed E-state index contributed by atoms with van der Waals surface area (Å²) in [5, 5.41) is 3.12. The van der Waals surface area contributed by atoms with Crippen LogP contribution in [0, 0.1) is 0 Å². The molecule has 5 heteroatoms. The van der Waals surface area contributed by atoms with E-state index in [1.807, 2.05) is 18.2 Å². The van der Waals surface area contributed by atoms with Gasteiger partial charge in [0.2, 0.25) is 11.9 Å². The quantitative estimate of drug-likeness (QED) is 0.815. The summed E-state index contributed by atoms with van der Waals surface area (Å²) < 4.78 is 0. The van der Waals surface area contributed by atoms with E-state index in [1.54, 1.807) is 0 Å². The van der Waals surface area contributed by atoms with Gasteiger partial charge in [-0.1, -0.05) is 25.1 Å². The highest BCUT2D eigenvalue weighted by Gasteiger charge is 2.02. The second-order valence-corrected chi connectivity index (χ2v) is 3.30. The van der Waals surface area contributed by atoms with Crippen LogP contribution in [0.15, 0.2) is 30.6 Å². The van der Waals surface area contributed by atoms with Gasteiger partial charge >= 0.3 is 0 Å². The van der Waals surface area contributed by atoms with Gasteiger partial charge in [-0.15, -0.1) is 0 Å². The summed E-state index contributed by atoms with van der Waals surface area (Å²) in [5.74, 6) is 0.680. The van der Waals surface area contributed by atoms with Crippen LogP contribution < -0.4 is 11.1 Å². The van der Waals surface area contributed by atoms with Crippen molar-refractivity contribution in [3.63, 3.8) is 0 Å². The van der Waals surface area contributed by atoms with Crippen LogP contribution in [0.2, 0.25) is 0 Å². The van der Waals surface area contributed by atoms with Gasteiger partial charge in [0.25, 0.3) is 0 Å². The van der Waals surface area contributed by atoms with E-state index in [4.69, 9.17) is 5.73 Å². The summed E-state index contributed by atoms with van der Waals surface area (Å²) in [4.78, 5) is 11.7. The highest BCUT2D eigenvalue weighted by molar-refractivity contribution is 5.58. The molecular weight excluding hydrogens is 202 g/mol. The minimum absolute atomic E-state index is 0.214.